The minimum absolute atomic E-state index is 0.0573. The quantitative estimate of drug-likeness (QED) is 0.761. The zero-order valence-electron chi connectivity index (χ0n) is 17.1. The molecule has 2 saturated heterocycles. The first kappa shape index (κ1) is 21.1. The van der Waals surface area contributed by atoms with Gasteiger partial charge in [-0.3, -0.25) is 19.4 Å². The summed E-state index contributed by atoms with van der Waals surface area (Å²) >= 11 is 0. The van der Waals surface area contributed by atoms with Gasteiger partial charge in [0.25, 0.3) is 0 Å². The van der Waals surface area contributed by atoms with Crippen LogP contribution >= 0.6 is 0 Å². The zero-order chi connectivity index (χ0) is 19.4. The Bertz CT molecular complexity index is 488. The number of ether oxygens (including phenoxy) is 1. The van der Waals surface area contributed by atoms with E-state index in [9.17, 15) is 9.59 Å². The Balaban J connectivity index is 1.71. The van der Waals surface area contributed by atoms with Crippen molar-refractivity contribution < 1.29 is 14.3 Å². The number of carbonyl (C=O) groups is 2. The summed E-state index contributed by atoms with van der Waals surface area (Å²) in [6.45, 7) is 17.4. The third kappa shape index (κ3) is 5.93. The minimum atomic E-state index is -0.343. The SMILES string of the molecule is CC(C)(C)C(=O)N1CCN(CC(=O)NCC(C)(C)N2CCOCC2)CC1. The van der Waals surface area contributed by atoms with Crippen LogP contribution in [0, 0.1) is 5.41 Å². The van der Waals surface area contributed by atoms with Crippen molar-refractivity contribution in [2.24, 2.45) is 5.41 Å². The molecular weight excluding hydrogens is 332 g/mol. The summed E-state index contributed by atoms with van der Waals surface area (Å²) in [7, 11) is 0. The second-order valence-electron chi connectivity index (χ2n) is 9.01. The van der Waals surface area contributed by atoms with Crippen molar-refractivity contribution in [3.63, 3.8) is 0 Å². The Labute approximate surface area is 158 Å². The summed E-state index contributed by atoms with van der Waals surface area (Å²) in [5, 5.41) is 3.08. The molecular formula is C19H36N4O3. The molecule has 0 aliphatic carbocycles. The summed E-state index contributed by atoms with van der Waals surface area (Å²) < 4.78 is 5.40. The molecule has 0 atom stereocenters. The van der Waals surface area contributed by atoms with Gasteiger partial charge in [0, 0.05) is 56.8 Å². The minimum Gasteiger partial charge on any atom is -0.379 e. The Morgan fingerprint density at radius 2 is 1.50 bits per heavy atom. The van der Waals surface area contributed by atoms with Crippen LogP contribution < -0.4 is 5.32 Å². The van der Waals surface area contributed by atoms with Gasteiger partial charge in [-0.1, -0.05) is 20.8 Å². The van der Waals surface area contributed by atoms with E-state index in [1.807, 2.05) is 25.7 Å². The number of carbonyl (C=O) groups excluding carboxylic acids is 2. The molecule has 0 spiro atoms. The monoisotopic (exact) mass is 368 g/mol. The highest BCUT2D eigenvalue weighted by atomic mass is 16.5. The topological polar surface area (TPSA) is 65.1 Å². The van der Waals surface area contributed by atoms with Crippen LogP contribution in [-0.2, 0) is 14.3 Å². The number of rotatable bonds is 5. The number of morpholine rings is 1. The van der Waals surface area contributed by atoms with Crippen LogP contribution in [0.1, 0.15) is 34.6 Å². The first-order chi connectivity index (χ1) is 12.1. The number of piperazine rings is 1. The van der Waals surface area contributed by atoms with Gasteiger partial charge >= 0.3 is 0 Å². The lowest BCUT2D eigenvalue weighted by Gasteiger charge is -2.41. The van der Waals surface area contributed by atoms with Gasteiger partial charge in [-0.2, -0.15) is 0 Å². The number of amides is 2. The third-order valence-electron chi connectivity index (χ3n) is 5.25. The predicted molar refractivity (Wildman–Crippen MR) is 102 cm³/mol. The normalized spacial score (nSPS) is 20.9. The molecule has 0 radical (unpaired) electrons. The first-order valence-electron chi connectivity index (χ1n) is 9.71. The molecule has 0 saturated carbocycles. The smallest absolute Gasteiger partial charge is 0.234 e. The van der Waals surface area contributed by atoms with E-state index in [2.05, 4.69) is 29.0 Å². The van der Waals surface area contributed by atoms with Crippen molar-refractivity contribution in [1.82, 2.24) is 20.0 Å². The number of nitrogens with one attached hydrogen (secondary N) is 1. The molecule has 0 bridgehead atoms. The number of hydrogen-bond acceptors (Lipinski definition) is 5. The molecule has 2 fully saturated rings. The predicted octanol–water partition coefficient (Wildman–Crippen LogP) is 0.404. The second kappa shape index (κ2) is 8.67. The molecule has 0 aromatic heterocycles. The van der Waals surface area contributed by atoms with Gasteiger partial charge in [-0.25, -0.2) is 0 Å². The van der Waals surface area contributed by atoms with Crippen LogP contribution in [0.25, 0.3) is 0 Å². The average Bonchev–Trinajstić information content (AvgIpc) is 2.60. The molecule has 1 N–H and O–H groups in total. The maximum Gasteiger partial charge on any atom is 0.234 e. The summed E-state index contributed by atoms with van der Waals surface area (Å²) in [4.78, 5) is 31.1. The lowest BCUT2D eigenvalue weighted by molar-refractivity contribution is -0.141. The van der Waals surface area contributed by atoms with Crippen molar-refractivity contribution in [1.29, 1.82) is 0 Å². The van der Waals surface area contributed by atoms with E-state index in [-0.39, 0.29) is 22.8 Å². The molecule has 2 aliphatic heterocycles. The second-order valence-corrected chi connectivity index (χ2v) is 9.01. The van der Waals surface area contributed by atoms with Gasteiger partial charge < -0.3 is 15.0 Å². The summed E-state index contributed by atoms with van der Waals surface area (Å²) in [6, 6.07) is 0. The van der Waals surface area contributed by atoms with E-state index in [0.29, 0.717) is 26.2 Å². The molecule has 0 aromatic rings. The fourth-order valence-corrected chi connectivity index (χ4v) is 3.44. The number of nitrogens with zero attached hydrogens (tertiary/aromatic N) is 3. The van der Waals surface area contributed by atoms with Crippen molar-refractivity contribution in [2.45, 2.75) is 40.2 Å². The Morgan fingerprint density at radius 1 is 0.923 bits per heavy atom. The van der Waals surface area contributed by atoms with E-state index >= 15 is 0 Å². The lowest BCUT2D eigenvalue weighted by atomic mass is 9.94. The van der Waals surface area contributed by atoms with Crippen molar-refractivity contribution in [2.75, 3.05) is 65.6 Å². The van der Waals surface area contributed by atoms with Crippen LogP contribution in [-0.4, -0.2) is 97.6 Å². The van der Waals surface area contributed by atoms with Gasteiger partial charge in [0.05, 0.1) is 19.8 Å². The average molecular weight is 369 g/mol. The van der Waals surface area contributed by atoms with Gasteiger partial charge in [0.1, 0.15) is 0 Å². The Kier molecular flexibility index (Phi) is 7.05. The van der Waals surface area contributed by atoms with Crippen LogP contribution in [0.3, 0.4) is 0 Å². The number of hydrogen-bond donors (Lipinski definition) is 1. The summed E-state index contributed by atoms with van der Waals surface area (Å²) in [5.74, 6) is 0.246. The van der Waals surface area contributed by atoms with Crippen LogP contribution in [0.15, 0.2) is 0 Å². The molecule has 2 rings (SSSR count). The molecule has 7 nitrogen and oxygen atoms in total. The Hall–Kier alpha value is -1.18. The van der Waals surface area contributed by atoms with E-state index in [4.69, 9.17) is 4.74 Å². The molecule has 150 valence electrons. The fraction of sp³-hybridized carbons (Fsp3) is 0.895. The van der Waals surface area contributed by atoms with Gasteiger partial charge in [-0.15, -0.1) is 0 Å². The first-order valence-corrected chi connectivity index (χ1v) is 9.71. The standard InChI is InChI=1S/C19H36N4O3/c1-18(2,3)17(25)22-8-6-21(7-9-22)14-16(24)20-15-19(4,5)23-10-12-26-13-11-23/h6-15H2,1-5H3,(H,20,24). The maximum atomic E-state index is 12.3. The van der Waals surface area contributed by atoms with E-state index in [1.54, 1.807) is 0 Å². The van der Waals surface area contributed by atoms with Gasteiger partial charge in [-0.05, 0) is 13.8 Å². The summed E-state index contributed by atoms with van der Waals surface area (Å²) in [5.41, 5.74) is -0.415. The van der Waals surface area contributed by atoms with Gasteiger partial charge in [0.15, 0.2) is 0 Å². The molecule has 0 aromatic carbocycles. The zero-order valence-corrected chi connectivity index (χ0v) is 17.1. The fourth-order valence-electron chi connectivity index (χ4n) is 3.44. The van der Waals surface area contributed by atoms with E-state index in [1.165, 1.54) is 0 Å². The van der Waals surface area contributed by atoms with Crippen molar-refractivity contribution in [3.05, 3.63) is 0 Å². The van der Waals surface area contributed by atoms with Gasteiger partial charge in [0.2, 0.25) is 11.8 Å². The Morgan fingerprint density at radius 3 is 2.04 bits per heavy atom. The highest BCUT2D eigenvalue weighted by Crippen LogP contribution is 2.18. The maximum absolute atomic E-state index is 12.3. The highest BCUT2D eigenvalue weighted by Gasteiger charge is 2.31. The van der Waals surface area contributed by atoms with Crippen LogP contribution in [0.2, 0.25) is 0 Å². The molecule has 26 heavy (non-hydrogen) atoms. The molecule has 2 amide bonds. The molecule has 2 aliphatic rings. The molecule has 7 heteroatoms. The largest absolute Gasteiger partial charge is 0.379 e. The van der Waals surface area contributed by atoms with Crippen LogP contribution in [0.4, 0.5) is 0 Å². The van der Waals surface area contributed by atoms with Crippen LogP contribution in [0.5, 0.6) is 0 Å². The van der Waals surface area contributed by atoms with Crippen molar-refractivity contribution in [3.8, 4) is 0 Å². The highest BCUT2D eigenvalue weighted by molar-refractivity contribution is 5.81. The lowest BCUT2D eigenvalue weighted by Crippen LogP contribution is -2.57. The molecule has 2 heterocycles. The summed E-state index contributed by atoms with van der Waals surface area (Å²) in [6.07, 6.45) is 0. The molecule has 0 unspecified atom stereocenters. The van der Waals surface area contributed by atoms with E-state index < -0.39 is 0 Å². The van der Waals surface area contributed by atoms with Crippen molar-refractivity contribution >= 4 is 11.8 Å². The third-order valence-corrected chi connectivity index (χ3v) is 5.25. The van der Waals surface area contributed by atoms with E-state index in [0.717, 1.165) is 39.4 Å².